The van der Waals surface area contributed by atoms with Crippen LogP contribution >= 0.6 is 0 Å². The minimum atomic E-state index is 0.113. The molecule has 2 aromatic rings. The van der Waals surface area contributed by atoms with Gasteiger partial charge in [0.1, 0.15) is 0 Å². The normalized spacial score (nSPS) is 24.7. The van der Waals surface area contributed by atoms with Crippen LogP contribution in [0.1, 0.15) is 39.1 Å². The molecule has 3 atom stereocenters. The Morgan fingerprint density at radius 2 is 1.73 bits per heavy atom. The molecule has 2 aliphatic rings. The van der Waals surface area contributed by atoms with E-state index in [1.165, 1.54) is 6.42 Å². The van der Waals surface area contributed by atoms with E-state index in [9.17, 15) is 4.79 Å². The number of para-hydroxylation sites is 1. The average molecular weight is 412 g/mol. The van der Waals surface area contributed by atoms with Gasteiger partial charge in [-0.3, -0.25) is 14.6 Å². The van der Waals surface area contributed by atoms with Gasteiger partial charge in [0, 0.05) is 39.3 Å². The van der Waals surface area contributed by atoms with E-state index in [2.05, 4.69) is 51.0 Å². The van der Waals surface area contributed by atoms with Crippen molar-refractivity contribution in [3.63, 3.8) is 0 Å². The Hall–Kier alpha value is -2.32. The van der Waals surface area contributed by atoms with Crippen molar-refractivity contribution in [3.05, 3.63) is 36.2 Å². The molecule has 0 aliphatic carbocycles. The molecule has 0 radical (unpaired) electrons. The van der Waals surface area contributed by atoms with Crippen LogP contribution < -0.4 is 0 Å². The van der Waals surface area contributed by atoms with Crippen molar-refractivity contribution in [2.75, 3.05) is 45.8 Å². The number of rotatable bonds is 5. The van der Waals surface area contributed by atoms with Crippen molar-refractivity contribution in [2.45, 2.75) is 33.2 Å². The smallest absolute Gasteiger partial charge is 0.236 e. The SMILES string of the molecule is CC1CC(C)CN(C(=O)CN2CCN(C(C)c3nnnn3-c3ccccc3)CC2)C1. The van der Waals surface area contributed by atoms with Crippen LogP contribution in [0.5, 0.6) is 0 Å². The minimum absolute atomic E-state index is 0.113. The van der Waals surface area contributed by atoms with E-state index in [4.69, 9.17) is 0 Å². The lowest BCUT2D eigenvalue weighted by Gasteiger charge is -2.39. The van der Waals surface area contributed by atoms with Gasteiger partial charge in [-0.2, -0.15) is 4.68 Å². The van der Waals surface area contributed by atoms with Crippen LogP contribution in [-0.2, 0) is 4.79 Å². The number of carbonyl (C=O) groups is 1. The number of aromatic nitrogens is 4. The van der Waals surface area contributed by atoms with Crippen LogP contribution in [0.15, 0.2) is 30.3 Å². The highest BCUT2D eigenvalue weighted by Crippen LogP contribution is 2.23. The molecular weight excluding hydrogens is 378 g/mol. The minimum Gasteiger partial charge on any atom is -0.341 e. The molecule has 1 aromatic carbocycles. The van der Waals surface area contributed by atoms with Gasteiger partial charge >= 0.3 is 0 Å². The van der Waals surface area contributed by atoms with Crippen molar-refractivity contribution < 1.29 is 4.79 Å². The van der Waals surface area contributed by atoms with Crippen LogP contribution in [-0.4, -0.2) is 86.6 Å². The lowest BCUT2D eigenvalue weighted by Crippen LogP contribution is -2.52. The molecular formula is C22H33N7O. The number of amides is 1. The summed E-state index contributed by atoms with van der Waals surface area (Å²) in [5.41, 5.74) is 0.971. The van der Waals surface area contributed by atoms with Crippen LogP contribution in [0.2, 0.25) is 0 Å². The molecule has 0 N–H and O–H groups in total. The predicted molar refractivity (Wildman–Crippen MR) is 115 cm³/mol. The van der Waals surface area contributed by atoms with Crippen molar-refractivity contribution in [2.24, 2.45) is 11.8 Å². The largest absolute Gasteiger partial charge is 0.341 e. The Bertz CT molecular complexity index is 821. The van der Waals surface area contributed by atoms with Gasteiger partial charge in [-0.15, -0.1) is 5.10 Å². The molecule has 2 aliphatic heterocycles. The summed E-state index contributed by atoms with van der Waals surface area (Å²) in [5.74, 6) is 2.34. The van der Waals surface area contributed by atoms with Crippen molar-refractivity contribution >= 4 is 5.91 Å². The molecule has 0 bridgehead atoms. The fourth-order valence-electron chi connectivity index (χ4n) is 4.84. The third-order valence-corrected chi connectivity index (χ3v) is 6.40. The zero-order valence-corrected chi connectivity index (χ0v) is 18.3. The number of hydrogen-bond acceptors (Lipinski definition) is 6. The summed E-state index contributed by atoms with van der Waals surface area (Å²) in [4.78, 5) is 19.6. The first-order valence-corrected chi connectivity index (χ1v) is 11.1. The van der Waals surface area contributed by atoms with Gasteiger partial charge < -0.3 is 4.90 Å². The van der Waals surface area contributed by atoms with E-state index in [-0.39, 0.29) is 11.9 Å². The summed E-state index contributed by atoms with van der Waals surface area (Å²) in [6.07, 6.45) is 1.22. The highest BCUT2D eigenvalue weighted by Gasteiger charge is 2.29. The monoisotopic (exact) mass is 411 g/mol. The summed E-state index contributed by atoms with van der Waals surface area (Å²) in [5, 5.41) is 12.4. The second kappa shape index (κ2) is 9.22. The first-order chi connectivity index (χ1) is 14.5. The van der Waals surface area contributed by atoms with Crippen LogP contribution in [0.25, 0.3) is 5.69 Å². The zero-order chi connectivity index (χ0) is 21.1. The van der Waals surface area contributed by atoms with Gasteiger partial charge in [-0.25, -0.2) is 0 Å². The maximum Gasteiger partial charge on any atom is 0.236 e. The highest BCUT2D eigenvalue weighted by molar-refractivity contribution is 5.78. The highest BCUT2D eigenvalue weighted by atomic mass is 16.2. The van der Waals surface area contributed by atoms with E-state index in [0.717, 1.165) is 50.8 Å². The van der Waals surface area contributed by atoms with Gasteiger partial charge in [0.25, 0.3) is 0 Å². The van der Waals surface area contributed by atoms with Crippen molar-refractivity contribution in [3.8, 4) is 5.69 Å². The third kappa shape index (κ3) is 4.70. The van der Waals surface area contributed by atoms with Crippen molar-refractivity contribution in [1.29, 1.82) is 0 Å². The molecule has 3 heterocycles. The summed E-state index contributed by atoms with van der Waals surface area (Å²) in [7, 11) is 0. The second-order valence-corrected chi connectivity index (χ2v) is 9.02. The molecule has 0 spiro atoms. The van der Waals surface area contributed by atoms with E-state index in [0.29, 0.717) is 18.4 Å². The Labute approximate surface area is 178 Å². The zero-order valence-electron chi connectivity index (χ0n) is 18.3. The van der Waals surface area contributed by atoms with Crippen LogP contribution in [0.3, 0.4) is 0 Å². The van der Waals surface area contributed by atoms with Gasteiger partial charge in [0.2, 0.25) is 5.91 Å². The maximum absolute atomic E-state index is 12.8. The summed E-state index contributed by atoms with van der Waals surface area (Å²) >= 11 is 0. The Morgan fingerprint density at radius 3 is 2.40 bits per heavy atom. The lowest BCUT2D eigenvalue weighted by atomic mass is 9.92. The molecule has 3 unspecified atom stereocenters. The number of hydrogen-bond donors (Lipinski definition) is 0. The summed E-state index contributed by atoms with van der Waals surface area (Å²) in [6, 6.07) is 10.1. The van der Waals surface area contributed by atoms with Crippen LogP contribution in [0, 0.1) is 11.8 Å². The fourth-order valence-corrected chi connectivity index (χ4v) is 4.84. The molecule has 162 valence electrons. The molecule has 2 fully saturated rings. The van der Waals surface area contributed by atoms with Gasteiger partial charge in [0.15, 0.2) is 5.82 Å². The lowest BCUT2D eigenvalue weighted by molar-refractivity contribution is -0.135. The first-order valence-electron chi connectivity index (χ1n) is 11.1. The Kier molecular flexibility index (Phi) is 6.43. The van der Waals surface area contributed by atoms with Crippen LogP contribution in [0.4, 0.5) is 0 Å². The van der Waals surface area contributed by atoms with Gasteiger partial charge in [-0.05, 0) is 47.7 Å². The molecule has 8 nitrogen and oxygen atoms in total. The quantitative estimate of drug-likeness (QED) is 0.748. The van der Waals surface area contributed by atoms with E-state index in [1.54, 1.807) is 0 Å². The molecule has 30 heavy (non-hydrogen) atoms. The van der Waals surface area contributed by atoms with E-state index >= 15 is 0 Å². The molecule has 8 heteroatoms. The number of benzene rings is 1. The Balaban J connectivity index is 1.32. The number of tetrazole rings is 1. The molecule has 0 saturated carbocycles. The molecule has 2 saturated heterocycles. The first kappa shape index (κ1) is 20.9. The summed E-state index contributed by atoms with van der Waals surface area (Å²) < 4.78 is 1.82. The fraction of sp³-hybridized carbons (Fsp3) is 0.636. The third-order valence-electron chi connectivity index (χ3n) is 6.40. The molecule has 4 rings (SSSR count). The molecule has 1 aromatic heterocycles. The maximum atomic E-state index is 12.8. The topological polar surface area (TPSA) is 70.4 Å². The number of carbonyl (C=O) groups excluding carboxylic acids is 1. The van der Waals surface area contributed by atoms with E-state index < -0.39 is 0 Å². The second-order valence-electron chi connectivity index (χ2n) is 9.02. The number of likely N-dealkylation sites (tertiary alicyclic amines) is 1. The Morgan fingerprint density at radius 1 is 1.07 bits per heavy atom. The number of piperidine rings is 1. The molecule has 1 amide bonds. The number of piperazine rings is 1. The van der Waals surface area contributed by atoms with Crippen molar-refractivity contribution in [1.82, 2.24) is 34.9 Å². The average Bonchev–Trinajstić information content (AvgIpc) is 3.23. The number of nitrogens with zero attached hydrogens (tertiary/aromatic N) is 7. The van der Waals surface area contributed by atoms with E-state index in [1.807, 2.05) is 35.0 Å². The predicted octanol–water partition coefficient (Wildman–Crippen LogP) is 1.85. The standard InChI is InChI=1S/C22H33N7O/c1-17-13-18(2)15-28(14-17)21(30)16-26-9-11-27(12-10-26)19(3)22-23-24-25-29(22)20-7-5-4-6-8-20/h4-8,17-19H,9-16H2,1-3H3. The summed E-state index contributed by atoms with van der Waals surface area (Å²) in [6.45, 7) is 12.6. The van der Waals surface area contributed by atoms with Gasteiger partial charge in [0.05, 0.1) is 18.3 Å². The van der Waals surface area contributed by atoms with Gasteiger partial charge in [-0.1, -0.05) is 32.0 Å².